The van der Waals surface area contributed by atoms with Crippen LogP contribution in [0.2, 0.25) is 0 Å². The first-order valence-corrected chi connectivity index (χ1v) is 9.88. The summed E-state index contributed by atoms with van der Waals surface area (Å²) in [5, 5.41) is 3.73. The van der Waals surface area contributed by atoms with Crippen molar-refractivity contribution in [2.75, 3.05) is 6.54 Å². The maximum Gasteiger partial charge on any atom is 0.313 e. The number of pyridine rings is 1. The van der Waals surface area contributed by atoms with Gasteiger partial charge in [-0.05, 0) is 30.3 Å². The molecule has 0 saturated carbocycles. The minimum absolute atomic E-state index is 0.0143. The van der Waals surface area contributed by atoms with Crippen LogP contribution in [0.5, 0.6) is 5.75 Å². The van der Waals surface area contributed by atoms with E-state index in [1.54, 1.807) is 0 Å². The Hall–Kier alpha value is -3.84. The van der Waals surface area contributed by atoms with Crippen LogP contribution in [0.25, 0.3) is 0 Å². The molecule has 0 radical (unpaired) electrons. The molecular weight excluding hydrogens is 478 g/mol. The Morgan fingerprint density at radius 2 is 1.63 bits per heavy atom. The van der Waals surface area contributed by atoms with Crippen molar-refractivity contribution in [2.24, 2.45) is 22.5 Å². The van der Waals surface area contributed by atoms with Gasteiger partial charge in [0.1, 0.15) is 53.2 Å². The lowest BCUT2D eigenvalue weighted by molar-refractivity contribution is -0.0964. The number of benzene rings is 2. The van der Waals surface area contributed by atoms with Gasteiger partial charge in [0.15, 0.2) is 0 Å². The van der Waals surface area contributed by atoms with E-state index in [1.807, 2.05) is 0 Å². The lowest BCUT2D eigenvalue weighted by Crippen LogP contribution is -2.59. The minimum atomic E-state index is -4.06. The zero-order chi connectivity index (χ0) is 25.8. The van der Waals surface area contributed by atoms with Gasteiger partial charge in [-0.1, -0.05) is 6.07 Å². The summed E-state index contributed by atoms with van der Waals surface area (Å²) in [5.41, 5.74) is 1.58. The van der Waals surface area contributed by atoms with E-state index < -0.39 is 52.5 Å². The summed E-state index contributed by atoms with van der Waals surface area (Å²) < 4.78 is 91.5. The van der Waals surface area contributed by atoms with Crippen LogP contribution in [0.1, 0.15) is 16.8 Å². The second kappa shape index (κ2) is 10.2. The van der Waals surface area contributed by atoms with Crippen LogP contribution in [0.4, 0.5) is 26.3 Å². The Morgan fingerprint density at radius 3 is 2.20 bits per heavy atom. The molecule has 1 unspecified atom stereocenters. The Morgan fingerprint density at radius 1 is 0.971 bits per heavy atom. The molecule has 1 aromatic heterocycles. The molecule has 7 nitrogen and oxygen atoms in total. The van der Waals surface area contributed by atoms with E-state index in [2.05, 4.69) is 10.1 Å². The van der Waals surface area contributed by atoms with Crippen molar-refractivity contribution < 1.29 is 31.1 Å². The lowest BCUT2D eigenvalue weighted by Gasteiger charge is -2.39. The third-order valence-corrected chi connectivity index (χ3v) is 5.09. The highest BCUT2D eigenvalue weighted by Crippen LogP contribution is 2.44. The fourth-order valence-electron chi connectivity index (χ4n) is 3.30. The van der Waals surface area contributed by atoms with Crippen LogP contribution < -0.4 is 22.2 Å². The van der Waals surface area contributed by atoms with Crippen molar-refractivity contribution in [1.29, 1.82) is 0 Å². The van der Waals surface area contributed by atoms with Gasteiger partial charge in [0.25, 0.3) is 0 Å². The van der Waals surface area contributed by atoms with E-state index in [9.17, 15) is 17.6 Å². The molecule has 2 aromatic carbocycles. The van der Waals surface area contributed by atoms with Crippen molar-refractivity contribution in [3.05, 3.63) is 94.8 Å². The van der Waals surface area contributed by atoms with Gasteiger partial charge in [-0.2, -0.15) is 13.9 Å². The number of rotatable bonds is 9. The summed E-state index contributed by atoms with van der Waals surface area (Å²) in [6, 6.07) is 6.82. The molecule has 0 aliphatic rings. The molecule has 0 amide bonds. The molecule has 0 aliphatic carbocycles. The topological polar surface area (TPSA) is 116 Å². The molecule has 0 spiro atoms. The molecule has 35 heavy (non-hydrogen) atoms. The smallest absolute Gasteiger partial charge is 0.313 e. The minimum Gasteiger partial charge on any atom is -0.487 e. The van der Waals surface area contributed by atoms with Crippen LogP contribution in [0.3, 0.4) is 0 Å². The van der Waals surface area contributed by atoms with Crippen molar-refractivity contribution in [2.45, 2.75) is 18.1 Å². The van der Waals surface area contributed by atoms with Gasteiger partial charge in [0.05, 0.1) is 12.7 Å². The largest absolute Gasteiger partial charge is 0.487 e. The number of ether oxygens (including phenoxy) is 1. The standard InChI is InChI=1S/C22H20F6N6O/c23-14-2-1-13(18(25)7-14)10-35-16-4-6-20(32-9-16)22(27,28)21(29,11-34(31)12-33-30)17-5-3-15(24)8-19(17)26/h1-9,12H,10-11,29-31H2/b33-12-. The number of aromatic nitrogens is 1. The molecule has 1 heterocycles. The molecule has 3 rings (SSSR count). The lowest BCUT2D eigenvalue weighted by atomic mass is 9.82. The maximum absolute atomic E-state index is 15.7. The monoisotopic (exact) mass is 498 g/mol. The highest BCUT2D eigenvalue weighted by atomic mass is 19.3. The maximum atomic E-state index is 15.7. The number of hydrazine groups is 1. The summed E-state index contributed by atoms with van der Waals surface area (Å²) in [4.78, 5) is 3.67. The van der Waals surface area contributed by atoms with Gasteiger partial charge in [-0.15, -0.1) is 0 Å². The molecule has 0 saturated heterocycles. The van der Waals surface area contributed by atoms with Crippen molar-refractivity contribution in [3.63, 3.8) is 0 Å². The number of nitrogens with two attached hydrogens (primary N) is 3. The van der Waals surface area contributed by atoms with Crippen molar-refractivity contribution in [3.8, 4) is 5.75 Å². The number of alkyl halides is 2. The number of hydrogen-bond donors (Lipinski definition) is 3. The highest BCUT2D eigenvalue weighted by molar-refractivity contribution is 5.54. The van der Waals surface area contributed by atoms with E-state index >= 15 is 8.78 Å². The van der Waals surface area contributed by atoms with Crippen LogP contribution in [0.15, 0.2) is 59.8 Å². The van der Waals surface area contributed by atoms with Crippen LogP contribution in [-0.4, -0.2) is 22.9 Å². The predicted molar refractivity (Wildman–Crippen MR) is 115 cm³/mol. The van der Waals surface area contributed by atoms with Gasteiger partial charge >= 0.3 is 5.92 Å². The predicted octanol–water partition coefficient (Wildman–Crippen LogP) is 3.24. The molecule has 1 atom stereocenters. The average molecular weight is 498 g/mol. The molecule has 0 aliphatic heterocycles. The molecule has 186 valence electrons. The summed E-state index contributed by atoms with van der Waals surface area (Å²) in [5.74, 6) is 2.58. The SMILES string of the molecule is N/N=C\N(N)CC(N)(c1ccc(F)cc1F)C(F)(F)c1ccc(OCc2ccc(F)cc2F)cn1. The van der Waals surface area contributed by atoms with E-state index in [1.165, 1.54) is 6.07 Å². The first-order valence-electron chi connectivity index (χ1n) is 9.88. The normalized spacial score (nSPS) is 13.6. The summed E-state index contributed by atoms with van der Waals surface area (Å²) in [6.07, 6.45) is 1.71. The van der Waals surface area contributed by atoms with Crippen LogP contribution in [0, 0.1) is 23.3 Å². The number of nitrogens with zero attached hydrogens (tertiary/aromatic N) is 3. The van der Waals surface area contributed by atoms with Crippen molar-refractivity contribution >= 4 is 6.34 Å². The molecule has 0 bridgehead atoms. The first kappa shape index (κ1) is 25.8. The highest BCUT2D eigenvalue weighted by Gasteiger charge is 2.56. The van der Waals surface area contributed by atoms with Gasteiger partial charge in [0.2, 0.25) is 0 Å². The molecule has 6 N–H and O–H groups in total. The molecular formula is C22H20F6N6O. The Balaban J connectivity index is 1.91. The average Bonchev–Trinajstić information content (AvgIpc) is 2.78. The van der Waals surface area contributed by atoms with Crippen LogP contribution >= 0.6 is 0 Å². The second-order valence-electron chi connectivity index (χ2n) is 7.51. The van der Waals surface area contributed by atoms with E-state index in [-0.39, 0.29) is 17.9 Å². The van der Waals surface area contributed by atoms with Gasteiger partial charge < -0.3 is 16.3 Å². The van der Waals surface area contributed by atoms with Gasteiger partial charge in [-0.3, -0.25) is 9.99 Å². The number of halogens is 6. The molecule has 3 aromatic rings. The fourth-order valence-corrected chi connectivity index (χ4v) is 3.30. The Kier molecular flexibility index (Phi) is 7.51. The van der Waals surface area contributed by atoms with E-state index in [0.29, 0.717) is 17.1 Å². The summed E-state index contributed by atoms with van der Waals surface area (Å²) in [7, 11) is 0. The van der Waals surface area contributed by atoms with E-state index in [4.69, 9.17) is 22.2 Å². The fraction of sp³-hybridized carbons (Fsp3) is 0.182. The quantitative estimate of drug-likeness (QED) is 0.137. The Bertz CT molecular complexity index is 1210. The van der Waals surface area contributed by atoms with Gasteiger partial charge in [0, 0.05) is 23.3 Å². The third kappa shape index (κ3) is 5.46. The number of hydrogen-bond acceptors (Lipinski definition) is 6. The van der Waals surface area contributed by atoms with Crippen LogP contribution in [-0.2, 0) is 18.1 Å². The zero-order valence-corrected chi connectivity index (χ0v) is 17.9. The molecule has 0 fully saturated rings. The van der Waals surface area contributed by atoms with E-state index in [0.717, 1.165) is 42.9 Å². The third-order valence-electron chi connectivity index (χ3n) is 5.09. The first-order chi connectivity index (χ1) is 16.5. The second-order valence-corrected chi connectivity index (χ2v) is 7.51. The van der Waals surface area contributed by atoms with Crippen molar-refractivity contribution in [1.82, 2.24) is 9.99 Å². The zero-order valence-electron chi connectivity index (χ0n) is 17.9. The summed E-state index contributed by atoms with van der Waals surface area (Å²) >= 11 is 0. The number of hydrazone groups is 1. The molecule has 13 heteroatoms. The summed E-state index contributed by atoms with van der Waals surface area (Å²) in [6.45, 7) is -1.22. The Labute approximate surface area is 195 Å². The van der Waals surface area contributed by atoms with Gasteiger partial charge in [-0.25, -0.2) is 23.4 Å².